The number of benzene rings is 1. The molecule has 1 amide bonds. The molecule has 7 nitrogen and oxygen atoms in total. The summed E-state index contributed by atoms with van der Waals surface area (Å²) in [5.74, 6) is -0.622. The van der Waals surface area contributed by atoms with Crippen molar-refractivity contribution in [3.05, 3.63) is 46.9 Å². The van der Waals surface area contributed by atoms with Gasteiger partial charge in [0.2, 0.25) is 0 Å². The summed E-state index contributed by atoms with van der Waals surface area (Å²) in [6.45, 7) is 6.05. The van der Waals surface area contributed by atoms with Crippen LogP contribution in [0.4, 0.5) is 15.0 Å². The summed E-state index contributed by atoms with van der Waals surface area (Å²) in [6.07, 6.45) is -0.0976. The smallest absolute Gasteiger partial charge is 0.410 e. The lowest BCUT2D eigenvalue weighted by Crippen LogP contribution is -2.39. The molecule has 144 valence electrons. The van der Waals surface area contributed by atoms with Crippen molar-refractivity contribution >= 4 is 17.8 Å². The Morgan fingerprint density at radius 3 is 2.67 bits per heavy atom. The van der Waals surface area contributed by atoms with Crippen molar-refractivity contribution in [3.8, 4) is 0 Å². The molecule has 1 aliphatic rings. The molecular weight excluding hydrogens is 351 g/mol. The number of amides is 1. The molecule has 8 heteroatoms. The van der Waals surface area contributed by atoms with Crippen LogP contribution in [0.15, 0.2) is 24.3 Å². The Balaban J connectivity index is 1.77. The minimum Gasteiger partial charge on any atom is -0.444 e. The largest absolute Gasteiger partial charge is 0.444 e. The third-order valence-electron chi connectivity index (χ3n) is 4.27. The van der Waals surface area contributed by atoms with Gasteiger partial charge in [-0.2, -0.15) is 9.78 Å². The number of nitrogens with two attached hydrogens (primary N) is 1. The quantitative estimate of drug-likeness (QED) is 0.873. The van der Waals surface area contributed by atoms with E-state index in [4.69, 9.17) is 10.5 Å². The molecule has 0 saturated carbocycles. The highest BCUT2D eigenvalue weighted by atomic mass is 19.1. The second kappa shape index (κ2) is 7.02. The average molecular weight is 374 g/mol. The summed E-state index contributed by atoms with van der Waals surface area (Å²) in [4.78, 5) is 26.3. The molecule has 0 unspecified atom stereocenters. The van der Waals surface area contributed by atoms with Crippen LogP contribution in [-0.2, 0) is 24.1 Å². The van der Waals surface area contributed by atoms with Crippen LogP contribution in [0.3, 0.4) is 0 Å². The van der Waals surface area contributed by atoms with E-state index in [-0.39, 0.29) is 24.3 Å². The van der Waals surface area contributed by atoms with Crippen LogP contribution in [0, 0.1) is 5.82 Å². The van der Waals surface area contributed by atoms with Gasteiger partial charge in [0.25, 0.3) is 5.91 Å². The van der Waals surface area contributed by atoms with Gasteiger partial charge in [0.05, 0.1) is 18.7 Å². The topological polar surface area (TPSA) is 90.5 Å². The van der Waals surface area contributed by atoms with Gasteiger partial charge in [0, 0.05) is 12.1 Å². The number of halogens is 1. The van der Waals surface area contributed by atoms with Crippen molar-refractivity contribution in [1.29, 1.82) is 0 Å². The lowest BCUT2D eigenvalue weighted by molar-refractivity contribution is 0.0221. The third-order valence-corrected chi connectivity index (χ3v) is 4.27. The first-order chi connectivity index (χ1) is 12.7. The number of rotatable bonds is 2. The second-order valence-electron chi connectivity index (χ2n) is 7.54. The summed E-state index contributed by atoms with van der Waals surface area (Å²) >= 11 is 0. The lowest BCUT2D eigenvalue weighted by Gasteiger charge is -2.29. The molecule has 2 aromatic rings. The molecule has 1 aromatic carbocycles. The molecule has 0 bridgehead atoms. The zero-order chi connectivity index (χ0) is 19.8. The Labute approximate surface area is 156 Å². The number of carbonyl (C=O) groups excluding carboxylic acids is 2. The third kappa shape index (κ3) is 4.10. The number of fused-ring (bicyclic) bond motifs is 1. The van der Waals surface area contributed by atoms with Crippen molar-refractivity contribution in [2.75, 3.05) is 12.3 Å². The number of carbonyl (C=O) groups is 2. The van der Waals surface area contributed by atoms with Gasteiger partial charge in [0.1, 0.15) is 17.2 Å². The van der Waals surface area contributed by atoms with Gasteiger partial charge in [-0.05, 0) is 38.8 Å². The highest BCUT2D eigenvalue weighted by Crippen LogP contribution is 2.25. The molecule has 2 N–H and O–H groups in total. The number of ether oxygens (including phenoxy) is 1. The first-order valence-corrected chi connectivity index (χ1v) is 8.76. The standard InChI is InChI=1S/C19H23FN4O3/c1-19(2,3)27-18(26)23-9-8-13-15(11-23)22-24(17(13)21)16(25)10-12-6-4-5-7-14(12)20/h4-7H,8-11,21H2,1-3H3. The van der Waals surface area contributed by atoms with Gasteiger partial charge in [-0.15, -0.1) is 0 Å². The first kappa shape index (κ1) is 18.9. The van der Waals surface area contributed by atoms with Crippen LogP contribution in [-0.4, -0.2) is 38.8 Å². The minimum absolute atomic E-state index is 0.146. The molecule has 0 radical (unpaired) electrons. The fourth-order valence-electron chi connectivity index (χ4n) is 2.97. The SMILES string of the molecule is CC(C)(C)OC(=O)N1CCc2c(nn(C(=O)Cc3ccccc3F)c2N)C1. The van der Waals surface area contributed by atoms with Gasteiger partial charge in [-0.25, -0.2) is 9.18 Å². The van der Waals surface area contributed by atoms with Crippen LogP contribution in [0.2, 0.25) is 0 Å². The predicted molar refractivity (Wildman–Crippen MR) is 97.7 cm³/mol. The summed E-state index contributed by atoms with van der Waals surface area (Å²) in [6, 6.07) is 6.09. The van der Waals surface area contributed by atoms with Crippen molar-refractivity contribution in [1.82, 2.24) is 14.7 Å². The van der Waals surface area contributed by atoms with Crippen LogP contribution >= 0.6 is 0 Å². The highest BCUT2D eigenvalue weighted by molar-refractivity contribution is 5.84. The molecule has 0 atom stereocenters. The number of hydrogen-bond acceptors (Lipinski definition) is 5. The van der Waals surface area contributed by atoms with Gasteiger partial charge in [-0.1, -0.05) is 18.2 Å². The summed E-state index contributed by atoms with van der Waals surface area (Å²) in [5.41, 5.74) is 7.09. The van der Waals surface area contributed by atoms with E-state index in [1.165, 1.54) is 11.0 Å². The maximum absolute atomic E-state index is 13.8. The minimum atomic E-state index is -0.592. The number of aromatic nitrogens is 2. The van der Waals surface area contributed by atoms with Crippen LogP contribution < -0.4 is 5.73 Å². The van der Waals surface area contributed by atoms with E-state index in [0.29, 0.717) is 18.7 Å². The zero-order valence-corrected chi connectivity index (χ0v) is 15.7. The Morgan fingerprint density at radius 1 is 1.30 bits per heavy atom. The summed E-state index contributed by atoms with van der Waals surface area (Å²) in [7, 11) is 0. The molecule has 2 heterocycles. The summed E-state index contributed by atoms with van der Waals surface area (Å²) < 4.78 is 20.3. The average Bonchev–Trinajstić information content (AvgIpc) is 2.92. The van der Waals surface area contributed by atoms with Crippen molar-refractivity contribution in [3.63, 3.8) is 0 Å². The van der Waals surface area contributed by atoms with E-state index >= 15 is 0 Å². The fraction of sp³-hybridized carbons (Fsp3) is 0.421. The number of anilines is 1. The highest BCUT2D eigenvalue weighted by Gasteiger charge is 2.30. The van der Waals surface area contributed by atoms with Gasteiger partial charge >= 0.3 is 6.09 Å². The molecule has 0 spiro atoms. The fourth-order valence-corrected chi connectivity index (χ4v) is 2.97. The molecule has 0 fully saturated rings. The van der Waals surface area contributed by atoms with Crippen molar-refractivity contribution in [2.24, 2.45) is 0 Å². The Hall–Kier alpha value is -2.90. The normalized spacial score (nSPS) is 14.0. The van der Waals surface area contributed by atoms with E-state index in [9.17, 15) is 14.0 Å². The molecule has 0 aliphatic carbocycles. The van der Waals surface area contributed by atoms with Gasteiger partial charge in [-0.3, -0.25) is 4.79 Å². The van der Waals surface area contributed by atoms with Crippen LogP contribution in [0.1, 0.15) is 42.4 Å². The van der Waals surface area contributed by atoms with Crippen LogP contribution in [0.5, 0.6) is 0 Å². The van der Waals surface area contributed by atoms with Gasteiger partial charge < -0.3 is 15.4 Å². The van der Waals surface area contributed by atoms with Crippen molar-refractivity contribution in [2.45, 2.75) is 45.8 Å². The van der Waals surface area contributed by atoms with Crippen molar-refractivity contribution < 1.29 is 18.7 Å². The van der Waals surface area contributed by atoms with E-state index in [1.54, 1.807) is 39.0 Å². The van der Waals surface area contributed by atoms with Gasteiger partial charge in [0.15, 0.2) is 0 Å². The number of nitrogen functional groups attached to an aromatic ring is 1. The summed E-state index contributed by atoms with van der Waals surface area (Å²) in [5, 5.41) is 4.28. The zero-order valence-electron chi connectivity index (χ0n) is 15.7. The number of nitrogens with zero attached hydrogens (tertiary/aromatic N) is 3. The molecular formula is C19H23FN4O3. The maximum atomic E-state index is 13.8. The monoisotopic (exact) mass is 374 g/mol. The van der Waals surface area contributed by atoms with E-state index in [2.05, 4.69) is 5.10 Å². The maximum Gasteiger partial charge on any atom is 0.410 e. The van der Waals surface area contributed by atoms with E-state index < -0.39 is 23.4 Å². The lowest BCUT2D eigenvalue weighted by atomic mass is 10.1. The van der Waals surface area contributed by atoms with E-state index in [0.717, 1.165) is 10.2 Å². The predicted octanol–water partition coefficient (Wildman–Crippen LogP) is 2.78. The second-order valence-corrected chi connectivity index (χ2v) is 7.54. The first-order valence-electron chi connectivity index (χ1n) is 8.76. The molecule has 1 aromatic heterocycles. The molecule has 27 heavy (non-hydrogen) atoms. The number of hydrogen-bond donors (Lipinski definition) is 1. The van der Waals surface area contributed by atoms with E-state index in [1.807, 2.05) is 0 Å². The Bertz CT molecular complexity index is 886. The molecule has 3 rings (SSSR count). The Morgan fingerprint density at radius 2 is 2.00 bits per heavy atom. The van der Waals surface area contributed by atoms with Crippen LogP contribution in [0.25, 0.3) is 0 Å². The molecule has 1 aliphatic heterocycles. The Kier molecular flexibility index (Phi) is 4.91. The molecule has 0 saturated heterocycles.